The smallest absolute Gasteiger partial charge is 0.338 e. The topological polar surface area (TPSA) is 58.2 Å². The van der Waals surface area contributed by atoms with E-state index in [1.165, 1.54) is 0 Å². The van der Waals surface area contributed by atoms with Crippen LogP contribution in [0, 0.1) is 0 Å². The summed E-state index contributed by atoms with van der Waals surface area (Å²) in [6.45, 7) is 2.15. The number of Topliss-reactive ketones (excluding diaryl/α,β-unsaturated/α-hetero) is 1. The molecule has 4 nitrogen and oxygen atoms in total. The van der Waals surface area contributed by atoms with Crippen LogP contribution in [0.5, 0.6) is 0 Å². The van der Waals surface area contributed by atoms with Crippen LogP contribution in [0.2, 0.25) is 15.1 Å². The molecule has 0 spiro atoms. The summed E-state index contributed by atoms with van der Waals surface area (Å²) in [6, 6.07) is 4.11. The highest BCUT2D eigenvalue weighted by atomic mass is 35.5. The first kappa shape index (κ1) is 30.8. The van der Waals surface area contributed by atoms with Crippen molar-refractivity contribution in [1.82, 2.24) is 10.6 Å². The fourth-order valence-electron chi connectivity index (χ4n) is 3.32. The molecule has 0 radical (unpaired) electrons. The molecule has 0 saturated heterocycles. The summed E-state index contributed by atoms with van der Waals surface area (Å²) >= 11 is 17.5. The Morgan fingerprint density at radius 3 is 2.14 bits per heavy atom. The Hall–Kier alpha value is -2.43. The lowest BCUT2D eigenvalue weighted by Crippen LogP contribution is -2.35. The number of ketones is 1. The van der Waals surface area contributed by atoms with Gasteiger partial charge in [-0.05, 0) is 42.7 Å². The van der Waals surface area contributed by atoms with Gasteiger partial charge in [0.2, 0.25) is 0 Å². The first-order valence-electron chi connectivity index (χ1n) is 10.8. The molecule has 0 heterocycles. The quantitative estimate of drug-likeness (QED) is 0.134. The molecule has 2 N–H and O–H groups in total. The Morgan fingerprint density at radius 2 is 1.59 bits per heavy atom. The number of nitrogens with one attached hydrogen (secondary N) is 2. The number of hydrogen-bond acceptors (Lipinski definition) is 2. The molecule has 0 aromatic heterocycles. The molecule has 1 unspecified atom stereocenters. The summed E-state index contributed by atoms with van der Waals surface area (Å²) in [5, 5.41) is 4.37. The average molecular weight is 590 g/mol. The maximum atomic E-state index is 13.7. The Labute approximate surface area is 224 Å². The first-order chi connectivity index (χ1) is 17.1. The van der Waals surface area contributed by atoms with Gasteiger partial charge >= 0.3 is 18.4 Å². The van der Waals surface area contributed by atoms with Crippen LogP contribution < -0.4 is 10.6 Å². The summed E-state index contributed by atoms with van der Waals surface area (Å²) in [5.41, 5.74) is -2.46. The number of carbonyl (C=O) groups excluding carboxylic acids is 2. The van der Waals surface area contributed by atoms with E-state index in [2.05, 4.69) is 10.6 Å². The molecule has 0 saturated carbocycles. The van der Waals surface area contributed by atoms with E-state index in [4.69, 9.17) is 34.8 Å². The van der Waals surface area contributed by atoms with E-state index in [0.29, 0.717) is 18.7 Å². The number of benzene rings is 2. The summed E-state index contributed by atoms with van der Waals surface area (Å²) in [4.78, 5) is 23.8. The van der Waals surface area contributed by atoms with Crippen LogP contribution in [0.1, 0.15) is 52.7 Å². The number of carbonyl (C=O) groups is 2. The molecule has 0 aliphatic rings. The highest BCUT2D eigenvalue weighted by Crippen LogP contribution is 2.41. The fraction of sp³-hybridized carbons (Fsp3) is 0.333. The van der Waals surface area contributed by atoms with Crippen molar-refractivity contribution in [2.45, 2.75) is 38.0 Å². The largest absolute Gasteiger partial charge is 0.417 e. The third-order valence-corrected chi connectivity index (χ3v) is 6.25. The van der Waals surface area contributed by atoms with E-state index in [9.17, 15) is 35.9 Å². The van der Waals surface area contributed by atoms with Crippen LogP contribution in [-0.4, -0.2) is 31.1 Å². The minimum Gasteiger partial charge on any atom is -0.338 e. The minimum atomic E-state index is -4.94. The second-order valence-electron chi connectivity index (χ2n) is 7.79. The predicted molar refractivity (Wildman–Crippen MR) is 131 cm³/mol. The molecule has 2 rings (SSSR count). The van der Waals surface area contributed by atoms with E-state index in [0.717, 1.165) is 30.3 Å². The zero-order valence-electron chi connectivity index (χ0n) is 19.2. The van der Waals surface area contributed by atoms with E-state index < -0.39 is 41.2 Å². The van der Waals surface area contributed by atoms with Gasteiger partial charge in [-0.3, -0.25) is 4.79 Å². The zero-order valence-corrected chi connectivity index (χ0v) is 21.4. The number of halogens is 9. The standard InChI is InChI=1S/C24H21Cl3F6N2O2/c1-2-34-22(37)35-9-3-4-20(36)15-7-5-13(10-17(15)24(31,32)33)6-8-16(23(28,29)30)14-11-18(25)21(27)19(26)12-14/h5-8,10-12,16H,2-4,9H2,1H3,(H2,34,35,37)/b8-6+. The molecule has 2 aromatic rings. The summed E-state index contributed by atoms with van der Waals surface area (Å²) < 4.78 is 82.2. The molecule has 0 bridgehead atoms. The van der Waals surface area contributed by atoms with Crippen LogP contribution in [-0.2, 0) is 6.18 Å². The van der Waals surface area contributed by atoms with Crippen LogP contribution in [0.3, 0.4) is 0 Å². The van der Waals surface area contributed by atoms with Gasteiger partial charge in [0.25, 0.3) is 0 Å². The van der Waals surface area contributed by atoms with Crippen molar-refractivity contribution in [3.8, 4) is 0 Å². The lowest BCUT2D eigenvalue weighted by Gasteiger charge is -2.18. The SMILES string of the molecule is CCNC(=O)NCCCC(=O)c1ccc(/C=C/C(c2cc(Cl)c(Cl)c(Cl)c2)C(F)(F)F)cc1C(F)(F)F. The molecule has 37 heavy (non-hydrogen) atoms. The second-order valence-corrected chi connectivity index (χ2v) is 8.99. The van der Waals surface area contributed by atoms with Crippen molar-refractivity contribution in [1.29, 1.82) is 0 Å². The molecule has 0 fully saturated rings. The molecule has 202 valence electrons. The molecule has 1 atom stereocenters. The van der Waals surface area contributed by atoms with Gasteiger partial charge in [0.1, 0.15) is 0 Å². The number of allylic oxidation sites excluding steroid dienone is 1. The van der Waals surface area contributed by atoms with Crippen LogP contribution in [0.4, 0.5) is 31.1 Å². The van der Waals surface area contributed by atoms with Crippen molar-refractivity contribution in [3.05, 3.63) is 73.7 Å². The molecule has 0 aliphatic heterocycles. The van der Waals surface area contributed by atoms with E-state index in [-0.39, 0.29) is 45.6 Å². The van der Waals surface area contributed by atoms with Gasteiger partial charge < -0.3 is 10.6 Å². The second kappa shape index (κ2) is 12.9. The minimum absolute atomic E-state index is 0.0668. The summed E-state index contributed by atoms with van der Waals surface area (Å²) in [7, 11) is 0. The molecule has 0 aliphatic carbocycles. The molecule has 2 amide bonds. The van der Waals surface area contributed by atoms with E-state index in [1.54, 1.807) is 6.92 Å². The first-order valence-corrected chi connectivity index (χ1v) is 11.9. The summed E-state index contributed by atoms with van der Waals surface area (Å²) in [5.74, 6) is -3.06. The van der Waals surface area contributed by atoms with E-state index >= 15 is 0 Å². The van der Waals surface area contributed by atoms with Crippen molar-refractivity contribution in [3.63, 3.8) is 0 Å². The number of hydrogen-bond donors (Lipinski definition) is 2. The van der Waals surface area contributed by atoms with Crippen LogP contribution >= 0.6 is 34.8 Å². The molecule has 13 heteroatoms. The average Bonchev–Trinajstić information content (AvgIpc) is 2.79. The van der Waals surface area contributed by atoms with Gasteiger partial charge in [0.15, 0.2) is 5.78 Å². The van der Waals surface area contributed by atoms with Crippen molar-refractivity contribution in [2.75, 3.05) is 13.1 Å². The van der Waals surface area contributed by atoms with Gasteiger partial charge in [-0.1, -0.05) is 59.1 Å². The lowest BCUT2D eigenvalue weighted by atomic mass is 9.95. The Morgan fingerprint density at radius 1 is 0.973 bits per heavy atom. The summed E-state index contributed by atoms with van der Waals surface area (Å²) in [6.07, 6.45) is -8.40. The van der Waals surface area contributed by atoms with E-state index in [1.807, 2.05) is 0 Å². The lowest BCUT2D eigenvalue weighted by molar-refractivity contribution is -0.139. The van der Waals surface area contributed by atoms with Crippen LogP contribution in [0.15, 0.2) is 36.4 Å². The highest BCUT2D eigenvalue weighted by molar-refractivity contribution is 6.48. The number of alkyl halides is 6. The van der Waals surface area contributed by atoms with Gasteiger partial charge in [-0.2, -0.15) is 26.3 Å². The number of urea groups is 1. The third kappa shape index (κ3) is 8.83. The number of amides is 2. The Kier molecular flexibility index (Phi) is 10.7. The number of rotatable bonds is 9. The van der Waals surface area contributed by atoms with Gasteiger partial charge in [0, 0.05) is 25.1 Å². The maximum Gasteiger partial charge on any atom is 0.417 e. The van der Waals surface area contributed by atoms with Crippen molar-refractivity contribution in [2.24, 2.45) is 0 Å². The zero-order chi connectivity index (χ0) is 28.0. The molecular formula is C24H21Cl3F6N2O2. The fourth-order valence-corrected chi connectivity index (χ4v) is 3.94. The molecule has 2 aromatic carbocycles. The highest BCUT2D eigenvalue weighted by Gasteiger charge is 2.39. The maximum absolute atomic E-state index is 13.7. The van der Waals surface area contributed by atoms with Crippen molar-refractivity contribution >= 4 is 52.7 Å². The predicted octanol–water partition coefficient (Wildman–Crippen LogP) is 8.31. The monoisotopic (exact) mass is 588 g/mol. The third-order valence-electron chi connectivity index (χ3n) is 5.05. The van der Waals surface area contributed by atoms with Crippen LogP contribution in [0.25, 0.3) is 6.08 Å². The van der Waals surface area contributed by atoms with Gasteiger partial charge in [-0.15, -0.1) is 0 Å². The normalized spacial score (nSPS) is 13.0. The Bertz CT molecular complexity index is 1140. The molecular weight excluding hydrogens is 569 g/mol. The Balaban J connectivity index is 2.30. The van der Waals surface area contributed by atoms with Crippen molar-refractivity contribution < 1.29 is 35.9 Å². The van der Waals surface area contributed by atoms with Gasteiger partial charge in [-0.25, -0.2) is 4.79 Å². The van der Waals surface area contributed by atoms with Gasteiger partial charge in [0.05, 0.1) is 26.5 Å².